The van der Waals surface area contributed by atoms with E-state index in [-0.39, 0.29) is 0 Å². The van der Waals surface area contributed by atoms with Crippen LogP contribution in [0.3, 0.4) is 0 Å². The molecular formula is C15H22N2O. The van der Waals surface area contributed by atoms with Crippen LogP contribution >= 0.6 is 0 Å². The number of hydrogen-bond donors (Lipinski definition) is 1. The summed E-state index contributed by atoms with van der Waals surface area (Å²) in [5.41, 5.74) is 6.59. The maximum atomic E-state index is 5.99. The van der Waals surface area contributed by atoms with Gasteiger partial charge in [-0.3, -0.25) is 0 Å². The lowest BCUT2D eigenvalue weighted by Gasteiger charge is -2.29. The van der Waals surface area contributed by atoms with E-state index in [1.54, 1.807) is 0 Å². The zero-order valence-electron chi connectivity index (χ0n) is 11.0. The number of piperidine rings is 1. The molecule has 0 unspecified atom stereocenters. The van der Waals surface area contributed by atoms with E-state index in [1.807, 2.05) is 24.3 Å². The Balaban J connectivity index is 1.88. The number of hydrogen-bond acceptors (Lipinski definition) is 3. The molecule has 0 spiro atoms. The molecule has 0 aliphatic carbocycles. The quantitative estimate of drug-likeness (QED) is 0.884. The van der Waals surface area contributed by atoms with Crippen molar-refractivity contribution in [3.63, 3.8) is 0 Å². The predicted molar refractivity (Wildman–Crippen MR) is 75.7 cm³/mol. The molecule has 0 aromatic heterocycles. The second kappa shape index (κ2) is 6.57. The fraction of sp³-hybridized carbons (Fsp3) is 0.467. The molecule has 1 heterocycles. The standard InChI is InChI=1S/C15H22N2O/c1-17-11-8-15(9-12-17)18-14-6-4-13(5-7-14)3-2-10-16/h2-7,15H,8-12,16H2,1H3/b3-2+. The minimum Gasteiger partial charge on any atom is -0.490 e. The van der Waals surface area contributed by atoms with Gasteiger partial charge in [-0.15, -0.1) is 0 Å². The Morgan fingerprint density at radius 1 is 1.28 bits per heavy atom. The molecule has 1 fully saturated rings. The summed E-state index contributed by atoms with van der Waals surface area (Å²) >= 11 is 0. The minimum atomic E-state index is 0.367. The van der Waals surface area contributed by atoms with Crippen molar-refractivity contribution in [2.24, 2.45) is 5.73 Å². The summed E-state index contributed by atoms with van der Waals surface area (Å²) in [6.45, 7) is 2.83. The summed E-state index contributed by atoms with van der Waals surface area (Å²) in [6, 6.07) is 8.20. The monoisotopic (exact) mass is 246 g/mol. The van der Waals surface area contributed by atoms with Crippen molar-refractivity contribution in [1.29, 1.82) is 0 Å². The largest absolute Gasteiger partial charge is 0.490 e. The first-order valence-electron chi connectivity index (χ1n) is 6.60. The van der Waals surface area contributed by atoms with E-state index in [0.717, 1.165) is 37.2 Å². The third-order valence-corrected chi connectivity index (χ3v) is 3.29. The number of nitrogens with two attached hydrogens (primary N) is 1. The SMILES string of the molecule is CN1CCC(Oc2ccc(/C=C/CN)cc2)CC1. The minimum absolute atomic E-state index is 0.367. The number of ether oxygens (including phenoxy) is 1. The van der Waals surface area contributed by atoms with E-state index in [2.05, 4.69) is 24.1 Å². The number of benzene rings is 1. The lowest BCUT2D eigenvalue weighted by Crippen LogP contribution is -2.35. The van der Waals surface area contributed by atoms with E-state index < -0.39 is 0 Å². The molecule has 98 valence electrons. The van der Waals surface area contributed by atoms with Crippen molar-refractivity contribution in [2.45, 2.75) is 18.9 Å². The Labute approximate surface area is 109 Å². The number of nitrogens with zero attached hydrogens (tertiary/aromatic N) is 1. The molecular weight excluding hydrogens is 224 g/mol. The molecule has 0 radical (unpaired) electrons. The van der Waals surface area contributed by atoms with Gasteiger partial charge in [0.1, 0.15) is 11.9 Å². The van der Waals surface area contributed by atoms with Gasteiger partial charge in [0.05, 0.1) is 0 Å². The molecule has 18 heavy (non-hydrogen) atoms. The summed E-state index contributed by atoms with van der Waals surface area (Å²) in [6.07, 6.45) is 6.58. The lowest BCUT2D eigenvalue weighted by atomic mass is 10.1. The highest BCUT2D eigenvalue weighted by molar-refractivity contribution is 5.50. The van der Waals surface area contributed by atoms with Gasteiger partial charge < -0.3 is 15.4 Å². The average Bonchev–Trinajstić information content (AvgIpc) is 2.41. The van der Waals surface area contributed by atoms with Crippen LogP contribution in [-0.4, -0.2) is 37.7 Å². The van der Waals surface area contributed by atoms with Crippen LogP contribution < -0.4 is 10.5 Å². The molecule has 1 aliphatic rings. The zero-order valence-corrected chi connectivity index (χ0v) is 11.0. The zero-order chi connectivity index (χ0) is 12.8. The van der Waals surface area contributed by atoms with Gasteiger partial charge in [-0.05, 0) is 37.6 Å². The molecule has 0 amide bonds. The molecule has 3 heteroatoms. The highest BCUT2D eigenvalue weighted by Gasteiger charge is 2.17. The molecule has 3 nitrogen and oxygen atoms in total. The summed E-state index contributed by atoms with van der Waals surface area (Å²) in [4.78, 5) is 2.35. The van der Waals surface area contributed by atoms with Gasteiger partial charge in [-0.25, -0.2) is 0 Å². The van der Waals surface area contributed by atoms with E-state index in [9.17, 15) is 0 Å². The van der Waals surface area contributed by atoms with Crippen molar-refractivity contribution < 1.29 is 4.74 Å². The van der Waals surface area contributed by atoms with Crippen molar-refractivity contribution >= 4 is 6.08 Å². The van der Waals surface area contributed by atoms with Crippen molar-refractivity contribution in [3.05, 3.63) is 35.9 Å². The Morgan fingerprint density at radius 3 is 2.56 bits per heavy atom. The van der Waals surface area contributed by atoms with Crippen LogP contribution in [0.1, 0.15) is 18.4 Å². The maximum absolute atomic E-state index is 5.99. The van der Waals surface area contributed by atoms with Gasteiger partial charge in [0.25, 0.3) is 0 Å². The second-order valence-corrected chi connectivity index (χ2v) is 4.83. The molecule has 1 aromatic rings. The smallest absolute Gasteiger partial charge is 0.119 e. The van der Waals surface area contributed by atoms with Crippen LogP contribution in [-0.2, 0) is 0 Å². The Hall–Kier alpha value is -1.32. The van der Waals surface area contributed by atoms with Crippen molar-refractivity contribution in [3.8, 4) is 5.75 Å². The molecule has 1 aromatic carbocycles. The van der Waals surface area contributed by atoms with Crippen molar-refractivity contribution in [2.75, 3.05) is 26.7 Å². The highest BCUT2D eigenvalue weighted by atomic mass is 16.5. The van der Waals surface area contributed by atoms with Gasteiger partial charge in [-0.2, -0.15) is 0 Å². The van der Waals surface area contributed by atoms with Gasteiger partial charge in [0.2, 0.25) is 0 Å². The predicted octanol–water partition coefficient (Wildman–Crippen LogP) is 2.13. The molecule has 2 N–H and O–H groups in total. The maximum Gasteiger partial charge on any atom is 0.119 e. The third kappa shape index (κ3) is 3.86. The molecule has 0 saturated carbocycles. The number of rotatable bonds is 4. The Bertz CT molecular complexity index is 378. The summed E-state index contributed by atoms with van der Waals surface area (Å²) < 4.78 is 5.99. The van der Waals surface area contributed by atoms with Crippen molar-refractivity contribution in [1.82, 2.24) is 4.90 Å². The summed E-state index contributed by atoms with van der Waals surface area (Å²) in [5.74, 6) is 0.967. The average molecular weight is 246 g/mol. The summed E-state index contributed by atoms with van der Waals surface area (Å²) in [5, 5.41) is 0. The fourth-order valence-electron chi connectivity index (χ4n) is 2.16. The van der Waals surface area contributed by atoms with E-state index in [0.29, 0.717) is 12.6 Å². The van der Waals surface area contributed by atoms with Crippen LogP contribution in [0.25, 0.3) is 6.08 Å². The normalized spacial score (nSPS) is 18.3. The molecule has 0 atom stereocenters. The molecule has 2 rings (SSSR count). The van der Waals surface area contributed by atoms with Crippen LogP contribution in [0.15, 0.2) is 30.3 Å². The first-order valence-corrected chi connectivity index (χ1v) is 6.60. The molecule has 1 saturated heterocycles. The Kier molecular flexibility index (Phi) is 4.79. The molecule has 0 bridgehead atoms. The third-order valence-electron chi connectivity index (χ3n) is 3.29. The summed E-state index contributed by atoms with van der Waals surface area (Å²) in [7, 11) is 2.16. The first-order chi connectivity index (χ1) is 8.78. The van der Waals surface area contributed by atoms with Crippen LogP contribution in [0.2, 0.25) is 0 Å². The number of likely N-dealkylation sites (tertiary alicyclic amines) is 1. The topological polar surface area (TPSA) is 38.5 Å². The van der Waals surface area contributed by atoms with Crippen LogP contribution in [0.4, 0.5) is 0 Å². The highest BCUT2D eigenvalue weighted by Crippen LogP contribution is 2.19. The van der Waals surface area contributed by atoms with Gasteiger partial charge in [0.15, 0.2) is 0 Å². The second-order valence-electron chi connectivity index (χ2n) is 4.83. The first kappa shape index (κ1) is 13.1. The van der Waals surface area contributed by atoms with Gasteiger partial charge in [0, 0.05) is 19.6 Å². The fourth-order valence-corrected chi connectivity index (χ4v) is 2.16. The van der Waals surface area contributed by atoms with E-state index >= 15 is 0 Å². The Morgan fingerprint density at radius 2 is 1.94 bits per heavy atom. The van der Waals surface area contributed by atoms with Gasteiger partial charge >= 0.3 is 0 Å². The lowest BCUT2D eigenvalue weighted by molar-refractivity contribution is 0.114. The van der Waals surface area contributed by atoms with E-state index in [4.69, 9.17) is 10.5 Å². The van der Waals surface area contributed by atoms with Gasteiger partial charge in [-0.1, -0.05) is 24.3 Å². The van der Waals surface area contributed by atoms with Crippen LogP contribution in [0.5, 0.6) is 5.75 Å². The molecule has 1 aliphatic heterocycles. The van der Waals surface area contributed by atoms with E-state index in [1.165, 1.54) is 0 Å². The van der Waals surface area contributed by atoms with Crippen LogP contribution in [0, 0.1) is 0 Å².